The van der Waals surface area contributed by atoms with Crippen molar-refractivity contribution in [1.82, 2.24) is 20.0 Å². The molecule has 0 unspecified atom stereocenters. The molecule has 0 bridgehead atoms. The van der Waals surface area contributed by atoms with Crippen LogP contribution < -0.4 is 10.5 Å². The molecular weight excluding hydrogens is 318 g/mol. The second-order valence-electron chi connectivity index (χ2n) is 6.12. The molecule has 0 aliphatic carbocycles. The Hall–Kier alpha value is -2.96. The number of hydrogen-bond acceptors (Lipinski definition) is 6. The average molecular weight is 337 g/mol. The zero-order valence-electron chi connectivity index (χ0n) is 13.8. The van der Waals surface area contributed by atoms with Gasteiger partial charge in [-0.25, -0.2) is 4.68 Å². The van der Waals surface area contributed by atoms with E-state index in [4.69, 9.17) is 4.42 Å². The summed E-state index contributed by atoms with van der Waals surface area (Å²) >= 11 is 0. The van der Waals surface area contributed by atoms with Crippen molar-refractivity contribution in [3.05, 3.63) is 58.8 Å². The Morgan fingerprint density at radius 2 is 1.84 bits per heavy atom. The molecule has 0 N–H and O–H groups in total. The van der Waals surface area contributed by atoms with Crippen molar-refractivity contribution in [1.29, 1.82) is 0 Å². The Morgan fingerprint density at radius 1 is 1.04 bits per heavy atom. The minimum absolute atomic E-state index is 0.164. The van der Waals surface area contributed by atoms with Crippen LogP contribution in [0.15, 0.2) is 51.8 Å². The number of piperidine rings is 1. The van der Waals surface area contributed by atoms with Gasteiger partial charge >= 0.3 is 0 Å². The summed E-state index contributed by atoms with van der Waals surface area (Å²) in [5.74, 6) is 0.799. The van der Waals surface area contributed by atoms with E-state index in [1.54, 1.807) is 12.3 Å². The number of aromatic nitrogens is 4. The van der Waals surface area contributed by atoms with E-state index in [-0.39, 0.29) is 12.1 Å². The van der Waals surface area contributed by atoms with Gasteiger partial charge in [0.2, 0.25) is 11.8 Å². The van der Waals surface area contributed by atoms with E-state index in [9.17, 15) is 4.79 Å². The highest BCUT2D eigenvalue weighted by Crippen LogP contribution is 2.18. The molecule has 3 heterocycles. The molecule has 1 aromatic carbocycles. The van der Waals surface area contributed by atoms with Gasteiger partial charge in [-0.3, -0.25) is 4.79 Å². The third kappa shape index (κ3) is 3.45. The standard InChI is InChI=1S/C18H19N5O2/c24-17-11-15(22-9-5-2-6-10-22)12-19-23(17)13-16-20-21-18(25-16)14-7-3-1-4-8-14/h1,3-4,7-8,11-12H,2,5-6,9-10,13H2. The van der Waals surface area contributed by atoms with Gasteiger partial charge in [0.15, 0.2) is 0 Å². The van der Waals surface area contributed by atoms with Crippen LogP contribution in [0.2, 0.25) is 0 Å². The summed E-state index contributed by atoms with van der Waals surface area (Å²) in [4.78, 5) is 14.6. The molecule has 1 saturated heterocycles. The maximum atomic E-state index is 12.3. The lowest BCUT2D eigenvalue weighted by atomic mass is 10.1. The Kier molecular flexibility index (Phi) is 4.28. The van der Waals surface area contributed by atoms with Gasteiger partial charge < -0.3 is 9.32 Å². The molecule has 0 amide bonds. The molecule has 25 heavy (non-hydrogen) atoms. The molecule has 7 heteroatoms. The van der Waals surface area contributed by atoms with Crippen molar-refractivity contribution in [3.63, 3.8) is 0 Å². The summed E-state index contributed by atoms with van der Waals surface area (Å²) in [5.41, 5.74) is 1.57. The van der Waals surface area contributed by atoms with Gasteiger partial charge in [0.25, 0.3) is 5.56 Å². The van der Waals surface area contributed by atoms with Gasteiger partial charge in [0.05, 0.1) is 11.9 Å². The molecule has 0 spiro atoms. The molecule has 2 aromatic heterocycles. The van der Waals surface area contributed by atoms with E-state index in [1.165, 1.54) is 11.1 Å². The molecular formula is C18H19N5O2. The Balaban J connectivity index is 1.51. The average Bonchev–Trinajstić information content (AvgIpc) is 3.13. The summed E-state index contributed by atoms with van der Waals surface area (Å²) in [6.45, 7) is 2.13. The maximum Gasteiger partial charge on any atom is 0.269 e. The Morgan fingerprint density at radius 3 is 2.60 bits per heavy atom. The van der Waals surface area contributed by atoms with Crippen LogP contribution in [0.5, 0.6) is 0 Å². The highest BCUT2D eigenvalue weighted by molar-refractivity contribution is 5.51. The second kappa shape index (κ2) is 6.88. The van der Waals surface area contributed by atoms with Gasteiger partial charge in [-0.1, -0.05) is 18.2 Å². The van der Waals surface area contributed by atoms with E-state index in [2.05, 4.69) is 20.2 Å². The monoisotopic (exact) mass is 337 g/mol. The molecule has 0 atom stereocenters. The van der Waals surface area contributed by atoms with Gasteiger partial charge in [-0.05, 0) is 31.4 Å². The summed E-state index contributed by atoms with van der Waals surface area (Å²) in [6, 6.07) is 11.2. The summed E-state index contributed by atoms with van der Waals surface area (Å²) in [6.07, 6.45) is 5.31. The quantitative estimate of drug-likeness (QED) is 0.727. The first-order valence-electron chi connectivity index (χ1n) is 8.49. The van der Waals surface area contributed by atoms with Crippen molar-refractivity contribution in [2.24, 2.45) is 0 Å². The lowest BCUT2D eigenvalue weighted by Crippen LogP contribution is -2.32. The molecule has 1 aliphatic heterocycles. The van der Waals surface area contributed by atoms with Gasteiger partial charge in [0, 0.05) is 24.7 Å². The Labute approximate surface area is 144 Å². The maximum absolute atomic E-state index is 12.3. The van der Waals surface area contributed by atoms with E-state index in [0.29, 0.717) is 11.8 Å². The minimum Gasteiger partial charge on any atom is -0.419 e. The van der Waals surface area contributed by atoms with Crippen LogP contribution in [0.3, 0.4) is 0 Å². The summed E-state index contributed by atoms with van der Waals surface area (Å²) < 4.78 is 6.99. The fourth-order valence-electron chi connectivity index (χ4n) is 3.01. The SMILES string of the molecule is O=c1cc(N2CCCCC2)cnn1Cc1nnc(-c2ccccc2)o1. The predicted molar refractivity (Wildman–Crippen MR) is 93.4 cm³/mol. The largest absolute Gasteiger partial charge is 0.419 e. The predicted octanol–water partition coefficient (Wildman–Crippen LogP) is 2.33. The lowest BCUT2D eigenvalue weighted by molar-refractivity contribution is 0.465. The number of nitrogens with zero attached hydrogens (tertiary/aromatic N) is 5. The van der Waals surface area contributed by atoms with E-state index in [1.807, 2.05) is 30.3 Å². The first-order chi connectivity index (χ1) is 12.3. The third-order valence-corrected chi connectivity index (χ3v) is 4.35. The molecule has 0 radical (unpaired) electrons. The third-order valence-electron chi connectivity index (χ3n) is 4.35. The first kappa shape index (κ1) is 15.6. The number of hydrogen-bond donors (Lipinski definition) is 0. The van der Waals surface area contributed by atoms with Crippen molar-refractivity contribution >= 4 is 5.69 Å². The van der Waals surface area contributed by atoms with Gasteiger partial charge in [-0.15, -0.1) is 10.2 Å². The smallest absolute Gasteiger partial charge is 0.269 e. The summed E-state index contributed by atoms with van der Waals surface area (Å²) in [5, 5.41) is 12.3. The van der Waals surface area contributed by atoms with Crippen molar-refractivity contribution in [2.75, 3.05) is 18.0 Å². The molecule has 1 fully saturated rings. The molecule has 0 saturated carbocycles. The first-order valence-corrected chi connectivity index (χ1v) is 8.49. The van der Waals surface area contributed by atoms with Crippen LogP contribution in [0.25, 0.3) is 11.5 Å². The number of anilines is 1. The van der Waals surface area contributed by atoms with Crippen molar-refractivity contribution in [3.8, 4) is 11.5 Å². The fourth-order valence-corrected chi connectivity index (χ4v) is 3.01. The van der Waals surface area contributed by atoms with Crippen LogP contribution in [0, 0.1) is 0 Å². The number of benzene rings is 1. The van der Waals surface area contributed by atoms with Crippen molar-refractivity contribution in [2.45, 2.75) is 25.8 Å². The molecule has 1 aliphatic rings. The molecule has 3 aromatic rings. The van der Waals surface area contributed by atoms with Crippen LogP contribution in [0.1, 0.15) is 25.2 Å². The fraction of sp³-hybridized carbons (Fsp3) is 0.333. The normalized spacial score (nSPS) is 14.6. The highest BCUT2D eigenvalue weighted by Gasteiger charge is 2.14. The number of rotatable bonds is 4. The van der Waals surface area contributed by atoms with E-state index in [0.717, 1.165) is 37.2 Å². The summed E-state index contributed by atoms with van der Waals surface area (Å²) in [7, 11) is 0. The second-order valence-corrected chi connectivity index (χ2v) is 6.12. The molecule has 4 rings (SSSR count). The van der Waals surface area contributed by atoms with Crippen LogP contribution in [-0.2, 0) is 6.54 Å². The van der Waals surface area contributed by atoms with E-state index < -0.39 is 0 Å². The molecule has 128 valence electrons. The highest BCUT2D eigenvalue weighted by atomic mass is 16.4. The minimum atomic E-state index is -0.164. The van der Waals surface area contributed by atoms with E-state index >= 15 is 0 Å². The lowest BCUT2D eigenvalue weighted by Gasteiger charge is -2.28. The Bertz CT molecular complexity index is 897. The van der Waals surface area contributed by atoms with Crippen LogP contribution in [-0.4, -0.2) is 33.1 Å². The van der Waals surface area contributed by atoms with Crippen molar-refractivity contribution < 1.29 is 4.42 Å². The topological polar surface area (TPSA) is 77.1 Å². The zero-order valence-corrected chi connectivity index (χ0v) is 13.8. The van der Waals surface area contributed by atoms with Gasteiger partial charge in [-0.2, -0.15) is 5.10 Å². The molecule has 7 nitrogen and oxygen atoms in total. The zero-order chi connectivity index (χ0) is 17.1. The van der Waals surface area contributed by atoms with Gasteiger partial charge in [0.1, 0.15) is 6.54 Å². The van der Waals surface area contributed by atoms with Crippen LogP contribution >= 0.6 is 0 Å². The van der Waals surface area contributed by atoms with Crippen LogP contribution in [0.4, 0.5) is 5.69 Å².